The quantitative estimate of drug-likeness (QED) is 0.698. The second-order valence-electron chi connectivity index (χ2n) is 7.69. The Kier molecular flexibility index (Phi) is 4.90. The highest BCUT2D eigenvalue weighted by Crippen LogP contribution is 2.38. The van der Waals surface area contributed by atoms with Gasteiger partial charge in [-0.15, -0.1) is 0 Å². The number of anilines is 1. The van der Waals surface area contributed by atoms with Crippen molar-refractivity contribution in [3.05, 3.63) is 41.2 Å². The van der Waals surface area contributed by atoms with E-state index in [-0.39, 0.29) is 18.1 Å². The first kappa shape index (κ1) is 19.2. The fourth-order valence-electron chi connectivity index (χ4n) is 3.68. The molecule has 0 radical (unpaired) electrons. The van der Waals surface area contributed by atoms with Crippen molar-refractivity contribution in [3.63, 3.8) is 0 Å². The number of rotatable bonds is 5. The number of ether oxygens (including phenoxy) is 2. The molecule has 1 aromatic carbocycles. The average Bonchev–Trinajstić information content (AvgIpc) is 3.23. The molecule has 2 aromatic heterocycles. The molecule has 29 heavy (non-hydrogen) atoms. The zero-order chi connectivity index (χ0) is 20.7. The van der Waals surface area contributed by atoms with E-state index in [9.17, 15) is 4.79 Å². The second kappa shape index (κ2) is 7.39. The van der Waals surface area contributed by atoms with Crippen LogP contribution in [0.4, 0.5) is 5.69 Å². The van der Waals surface area contributed by atoms with Gasteiger partial charge in [0, 0.05) is 29.5 Å². The zero-order valence-corrected chi connectivity index (χ0v) is 17.4. The normalized spacial score (nSPS) is 15.4. The number of hydrogen-bond acceptors (Lipinski definition) is 5. The van der Waals surface area contributed by atoms with E-state index in [1.54, 1.807) is 6.20 Å². The first-order chi connectivity index (χ1) is 13.9. The minimum Gasteiger partial charge on any atom is -0.492 e. The standard InChI is InChI=1S/C22H26N4O3/c1-6-28-20-9-15-7-13(4)29-19(15)10-18(20)25-22(27)17-8-16-11-23-26(12(2)3)21(16)24-14(17)5/h8-13H,6-7H2,1-5H3,(H,25,27). The third-order valence-corrected chi connectivity index (χ3v) is 5.04. The van der Waals surface area contributed by atoms with Crippen LogP contribution in [0, 0.1) is 6.92 Å². The van der Waals surface area contributed by atoms with Crippen LogP contribution in [0.2, 0.25) is 0 Å². The highest BCUT2D eigenvalue weighted by atomic mass is 16.5. The Hall–Kier alpha value is -3.09. The molecule has 0 bridgehead atoms. The largest absolute Gasteiger partial charge is 0.492 e. The Morgan fingerprint density at radius 2 is 2.17 bits per heavy atom. The first-order valence-corrected chi connectivity index (χ1v) is 10.00. The van der Waals surface area contributed by atoms with Crippen molar-refractivity contribution in [2.45, 2.75) is 53.2 Å². The molecule has 1 aliphatic heterocycles. The molecule has 1 unspecified atom stereocenters. The van der Waals surface area contributed by atoms with Crippen molar-refractivity contribution in [2.24, 2.45) is 0 Å². The Morgan fingerprint density at radius 3 is 2.90 bits per heavy atom. The maximum atomic E-state index is 13.1. The Balaban J connectivity index is 1.68. The van der Waals surface area contributed by atoms with E-state index in [0.29, 0.717) is 29.3 Å². The van der Waals surface area contributed by atoms with Crippen LogP contribution in [0.1, 0.15) is 55.4 Å². The van der Waals surface area contributed by atoms with Crippen LogP contribution in [0.25, 0.3) is 11.0 Å². The fraction of sp³-hybridized carbons (Fsp3) is 0.409. The lowest BCUT2D eigenvalue weighted by Crippen LogP contribution is -2.15. The highest BCUT2D eigenvalue weighted by Gasteiger charge is 2.23. The summed E-state index contributed by atoms with van der Waals surface area (Å²) in [6, 6.07) is 5.84. The summed E-state index contributed by atoms with van der Waals surface area (Å²) in [4.78, 5) is 17.7. The van der Waals surface area contributed by atoms with Crippen LogP contribution >= 0.6 is 0 Å². The van der Waals surface area contributed by atoms with Gasteiger partial charge < -0.3 is 14.8 Å². The van der Waals surface area contributed by atoms with E-state index in [4.69, 9.17) is 9.47 Å². The molecule has 152 valence electrons. The van der Waals surface area contributed by atoms with E-state index in [0.717, 1.165) is 28.8 Å². The summed E-state index contributed by atoms with van der Waals surface area (Å²) in [5.74, 6) is 1.21. The summed E-state index contributed by atoms with van der Waals surface area (Å²) in [6.45, 7) is 10.4. The van der Waals surface area contributed by atoms with Crippen LogP contribution in [0.3, 0.4) is 0 Å². The van der Waals surface area contributed by atoms with Gasteiger partial charge in [-0.05, 0) is 46.8 Å². The number of benzene rings is 1. The molecular weight excluding hydrogens is 368 g/mol. The number of aromatic nitrogens is 3. The zero-order valence-electron chi connectivity index (χ0n) is 17.4. The predicted octanol–water partition coefficient (Wildman–Crippen LogP) is 4.30. The van der Waals surface area contributed by atoms with Gasteiger partial charge in [0.15, 0.2) is 5.65 Å². The molecule has 0 saturated heterocycles. The van der Waals surface area contributed by atoms with E-state index >= 15 is 0 Å². The molecule has 3 aromatic rings. The van der Waals surface area contributed by atoms with Crippen molar-refractivity contribution in [3.8, 4) is 11.5 Å². The number of carbonyl (C=O) groups excluding carboxylic acids is 1. The average molecular weight is 394 g/mol. The molecule has 0 saturated carbocycles. The van der Waals surface area contributed by atoms with Gasteiger partial charge in [0.05, 0.1) is 29.7 Å². The number of aryl methyl sites for hydroxylation is 1. The van der Waals surface area contributed by atoms with Crippen molar-refractivity contribution < 1.29 is 14.3 Å². The summed E-state index contributed by atoms with van der Waals surface area (Å²) in [5.41, 5.74) is 3.64. The van der Waals surface area contributed by atoms with Crippen molar-refractivity contribution >= 4 is 22.6 Å². The SMILES string of the molecule is CCOc1cc2c(cc1NC(=O)c1cc3cnn(C(C)C)c3nc1C)OC(C)C2. The van der Waals surface area contributed by atoms with E-state index in [1.165, 1.54) is 0 Å². The Labute approximate surface area is 170 Å². The topological polar surface area (TPSA) is 78.3 Å². The maximum absolute atomic E-state index is 13.1. The summed E-state index contributed by atoms with van der Waals surface area (Å²) in [6.07, 6.45) is 2.70. The lowest BCUT2D eigenvalue weighted by atomic mass is 10.1. The van der Waals surface area contributed by atoms with Crippen LogP contribution in [-0.2, 0) is 6.42 Å². The summed E-state index contributed by atoms with van der Waals surface area (Å²) in [5, 5.41) is 8.21. The van der Waals surface area contributed by atoms with Crippen LogP contribution in [0.5, 0.6) is 11.5 Å². The molecule has 1 amide bonds. The third-order valence-electron chi connectivity index (χ3n) is 5.04. The number of fused-ring (bicyclic) bond motifs is 2. The van der Waals surface area contributed by atoms with Crippen molar-refractivity contribution in [1.29, 1.82) is 0 Å². The molecular formula is C22H26N4O3. The van der Waals surface area contributed by atoms with Crippen molar-refractivity contribution in [2.75, 3.05) is 11.9 Å². The maximum Gasteiger partial charge on any atom is 0.257 e. The van der Waals surface area contributed by atoms with Gasteiger partial charge in [-0.3, -0.25) is 4.79 Å². The number of nitrogens with zero attached hydrogens (tertiary/aromatic N) is 3. The van der Waals surface area contributed by atoms with E-state index < -0.39 is 0 Å². The van der Waals surface area contributed by atoms with Gasteiger partial charge in [-0.25, -0.2) is 9.67 Å². The van der Waals surface area contributed by atoms with Crippen LogP contribution in [-0.4, -0.2) is 33.4 Å². The number of carbonyl (C=O) groups is 1. The summed E-state index contributed by atoms with van der Waals surface area (Å²) < 4.78 is 13.5. The molecule has 0 spiro atoms. The van der Waals surface area contributed by atoms with E-state index in [1.807, 2.05) is 43.7 Å². The van der Waals surface area contributed by atoms with E-state index in [2.05, 4.69) is 29.2 Å². The minimum absolute atomic E-state index is 0.122. The molecule has 1 atom stereocenters. The molecule has 0 fully saturated rings. The van der Waals surface area contributed by atoms with Crippen LogP contribution in [0.15, 0.2) is 24.4 Å². The number of nitrogens with one attached hydrogen (secondary N) is 1. The lowest BCUT2D eigenvalue weighted by molar-refractivity contribution is 0.102. The molecule has 7 heteroatoms. The molecule has 0 aliphatic carbocycles. The minimum atomic E-state index is -0.235. The van der Waals surface area contributed by atoms with Gasteiger partial charge in [-0.1, -0.05) is 0 Å². The molecule has 4 rings (SSSR count). The monoisotopic (exact) mass is 394 g/mol. The second-order valence-corrected chi connectivity index (χ2v) is 7.69. The molecule has 7 nitrogen and oxygen atoms in total. The predicted molar refractivity (Wildman–Crippen MR) is 112 cm³/mol. The molecule has 1 aliphatic rings. The third kappa shape index (κ3) is 3.52. The lowest BCUT2D eigenvalue weighted by Gasteiger charge is -2.14. The summed E-state index contributed by atoms with van der Waals surface area (Å²) >= 11 is 0. The number of pyridine rings is 1. The van der Waals surface area contributed by atoms with Gasteiger partial charge in [0.2, 0.25) is 0 Å². The Morgan fingerprint density at radius 1 is 1.38 bits per heavy atom. The smallest absolute Gasteiger partial charge is 0.257 e. The molecule has 3 heterocycles. The van der Waals surface area contributed by atoms with Gasteiger partial charge in [-0.2, -0.15) is 5.10 Å². The van der Waals surface area contributed by atoms with Crippen LogP contribution < -0.4 is 14.8 Å². The van der Waals surface area contributed by atoms with Gasteiger partial charge >= 0.3 is 0 Å². The molecule has 1 N–H and O–H groups in total. The number of hydrogen-bond donors (Lipinski definition) is 1. The number of amides is 1. The van der Waals surface area contributed by atoms with Gasteiger partial charge in [0.25, 0.3) is 5.91 Å². The fourth-order valence-corrected chi connectivity index (χ4v) is 3.68. The summed E-state index contributed by atoms with van der Waals surface area (Å²) in [7, 11) is 0. The first-order valence-electron chi connectivity index (χ1n) is 10.00. The Bertz CT molecular complexity index is 1090. The van der Waals surface area contributed by atoms with Gasteiger partial charge in [0.1, 0.15) is 17.6 Å². The van der Waals surface area contributed by atoms with Crippen molar-refractivity contribution in [1.82, 2.24) is 14.8 Å². The highest BCUT2D eigenvalue weighted by molar-refractivity contribution is 6.07.